The van der Waals surface area contributed by atoms with E-state index in [4.69, 9.17) is 10.00 Å². The maximum atomic E-state index is 12.4. The molecule has 1 fully saturated rings. The van der Waals surface area contributed by atoms with Gasteiger partial charge in [0, 0.05) is 4.47 Å². The Hall–Kier alpha value is -1.38. The maximum absolute atomic E-state index is 12.4. The summed E-state index contributed by atoms with van der Waals surface area (Å²) in [6.07, 6.45) is -0.0397. The summed E-state index contributed by atoms with van der Waals surface area (Å²) in [5.41, 5.74) is 0.986. The number of amides is 1. The second-order valence-electron chi connectivity index (χ2n) is 5.22. The fourth-order valence-electron chi connectivity index (χ4n) is 2.65. The number of nitrogens with zero attached hydrogens (tertiary/aromatic N) is 1. The number of hydrogen-bond acceptors (Lipinski definition) is 3. The van der Waals surface area contributed by atoms with E-state index in [1.165, 1.54) is 0 Å². The summed E-state index contributed by atoms with van der Waals surface area (Å²) < 4.78 is 6.50. The molecule has 5 heteroatoms. The van der Waals surface area contributed by atoms with Gasteiger partial charge in [-0.3, -0.25) is 4.79 Å². The zero-order chi connectivity index (χ0) is 14.9. The average Bonchev–Trinajstić information content (AvgIpc) is 2.65. The van der Waals surface area contributed by atoms with E-state index >= 15 is 0 Å². The molecule has 106 valence electrons. The Kier molecular flexibility index (Phi) is 4.46. The van der Waals surface area contributed by atoms with Crippen LogP contribution in [0.5, 0.6) is 0 Å². The van der Waals surface area contributed by atoms with Crippen LogP contribution in [0, 0.1) is 23.2 Å². The van der Waals surface area contributed by atoms with Crippen LogP contribution in [-0.2, 0) is 9.53 Å². The Morgan fingerprint density at radius 3 is 2.60 bits per heavy atom. The zero-order valence-electron chi connectivity index (χ0n) is 11.7. The summed E-state index contributed by atoms with van der Waals surface area (Å²) in [5, 5.41) is 12.0. The highest BCUT2D eigenvalue weighted by Crippen LogP contribution is 2.33. The third-order valence-corrected chi connectivity index (χ3v) is 4.40. The fraction of sp³-hybridized carbons (Fsp3) is 0.467. The minimum absolute atomic E-state index is 0.0705. The van der Waals surface area contributed by atoms with Gasteiger partial charge in [0.25, 0.3) is 0 Å². The first-order valence-electron chi connectivity index (χ1n) is 6.60. The zero-order valence-corrected chi connectivity index (χ0v) is 13.3. The van der Waals surface area contributed by atoms with E-state index in [0.717, 1.165) is 4.47 Å². The first kappa shape index (κ1) is 15.0. The number of carbonyl (C=O) groups excluding carboxylic acids is 1. The molecule has 1 N–H and O–H groups in total. The van der Waals surface area contributed by atoms with Gasteiger partial charge in [-0.1, -0.05) is 22.9 Å². The Bertz CT molecular complexity index is 567. The number of ether oxygens (including phenoxy) is 1. The predicted molar refractivity (Wildman–Crippen MR) is 80.1 cm³/mol. The second-order valence-corrected chi connectivity index (χ2v) is 6.14. The summed E-state index contributed by atoms with van der Waals surface area (Å²) in [7, 11) is 0. The molecule has 1 heterocycles. The first-order valence-corrected chi connectivity index (χ1v) is 7.39. The molecule has 0 spiro atoms. The van der Waals surface area contributed by atoms with Crippen molar-refractivity contribution in [2.75, 3.05) is 5.32 Å². The maximum Gasteiger partial charge on any atom is 0.230 e. The minimum Gasteiger partial charge on any atom is -0.374 e. The molecule has 0 saturated carbocycles. The minimum atomic E-state index is -0.194. The molecule has 1 aromatic rings. The topological polar surface area (TPSA) is 62.1 Å². The van der Waals surface area contributed by atoms with Crippen LogP contribution in [0.2, 0.25) is 0 Å². The third-order valence-electron chi connectivity index (χ3n) is 3.90. The molecule has 0 bridgehead atoms. The van der Waals surface area contributed by atoms with Crippen molar-refractivity contribution < 1.29 is 9.53 Å². The fourth-order valence-corrected chi connectivity index (χ4v) is 3.01. The van der Waals surface area contributed by atoms with Gasteiger partial charge in [0.2, 0.25) is 5.91 Å². The number of hydrogen-bond donors (Lipinski definition) is 1. The Labute approximate surface area is 127 Å². The molecule has 1 amide bonds. The molecule has 4 nitrogen and oxygen atoms in total. The van der Waals surface area contributed by atoms with E-state index in [-0.39, 0.29) is 30.0 Å². The summed E-state index contributed by atoms with van der Waals surface area (Å²) in [4.78, 5) is 12.4. The molecule has 1 aliphatic heterocycles. The lowest BCUT2D eigenvalue weighted by atomic mass is 9.88. The highest BCUT2D eigenvalue weighted by molar-refractivity contribution is 9.10. The van der Waals surface area contributed by atoms with Gasteiger partial charge in [-0.2, -0.15) is 5.26 Å². The van der Waals surface area contributed by atoms with Crippen LogP contribution >= 0.6 is 15.9 Å². The van der Waals surface area contributed by atoms with Gasteiger partial charge < -0.3 is 10.1 Å². The average molecular weight is 337 g/mol. The quantitative estimate of drug-likeness (QED) is 0.900. The lowest BCUT2D eigenvalue weighted by molar-refractivity contribution is -0.121. The monoisotopic (exact) mass is 336 g/mol. The Balaban J connectivity index is 2.19. The predicted octanol–water partition coefficient (Wildman–Crippen LogP) is 3.32. The van der Waals surface area contributed by atoms with Crippen molar-refractivity contribution in [1.29, 1.82) is 5.26 Å². The summed E-state index contributed by atoms with van der Waals surface area (Å²) >= 11 is 3.31. The first-order chi connectivity index (χ1) is 9.43. The molecule has 0 radical (unpaired) electrons. The summed E-state index contributed by atoms with van der Waals surface area (Å²) in [5.74, 6) is -0.126. The molecular formula is C15H17BrN2O2. The molecule has 1 saturated heterocycles. The highest BCUT2D eigenvalue weighted by atomic mass is 79.9. The van der Waals surface area contributed by atoms with Crippen LogP contribution in [0.25, 0.3) is 0 Å². The van der Waals surface area contributed by atoms with E-state index in [1.807, 2.05) is 20.8 Å². The Morgan fingerprint density at radius 1 is 1.35 bits per heavy atom. The summed E-state index contributed by atoms with van der Waals surface area (Å²) in [6, 6.07) is 7.31. The SMILES string of the molecule is CC1OC(C)C(C(=O)Nc2ccc(Br)cc2C#N)C1C. The van der Waals surface area contributed by atoms with Crippen molar-refractivity contribution in [2.24, 2.45) is 11.8 Å². The van der Waals surface area contributed by atoms with Crippen molar-refractivity contribution in [2.45, 2.75) is 33.0 Å². The molecule has 1 aliphatic rings. The van der Waals surface area contributed by atoms with Gasteiger partial charge >= 0.3 is 0 Å². The van der Waals surface area contributed by atoms with Crippen molar-refractivity contribution in [3.05, 3.63) is 28.2 Å². The highest BCUT2D eigenvalue weighted by Gasteiger charge is 2.41. The van der Waals surface area contributed by atoms with Crippen LogP contribution in [-0.4, -0.2) is 18.1 Å². The van der Waals surface area contributed by atoms with Crippen LogP contribution in [0.3, 0.4) is 0 Å². The van der Waals surface area contributed by atoms with E-state index in [9.17, 15) is 4.79 Å². The van der Waals surface area contributed by atoms with E-state index in [0.29, 0.717) is 11.3 Å². The van der Waals surface area contributed by atoms with Crippen LogP contribution in [0.4, 0.5) is 5.69 Å². The van der Waals surface area contributed by atoms with E-state index < -0.39 is 0 Å². The standard InChI is InChI=1S/C15H17BrN2O2/c1-8-9(2)20-10(3)14(8)15(19)18-13-5-4-12(16)6-11(13)7-17/h4-6,8-10,14H,1-3H3,(H,18,19). The van der Waals surface area contributed by atoms with Crippen LogP contribution in [0.1, 0.15) is 26.3 Å². The lowest BCUT2D eigenvalue weighted by Gasteiger charge is -2.18. The molecule has 4 unspecified atom stereocenters. The van der Waals surface area contributed by atoms with Gasteiger partial charge in [-0.05, 0) is 38.0 Å². The largest absolute Gasteiger partial charge is 0.374 e. The van der Waals surface area contributed by atoms with Crippen molar-refractivity contribution in [1.82, 2.24) is 0 Å². The van der Waals surface area contributed by atoms with E-state index in [1.54, 1.807) is 18.2 Å². The van der Waals surface area contributed by atoms with Gasteiger partial charge in [0.05, 0.1) is 29.4 Å². The molecule has 1 aromatic carbocycles. The van der Waals surface area contributed by atoms with Gasteiger partial charge in [0.1, 0.15) is 6.07 Å². The van der Waals surface area contributed by atoms with Crippen LogP contribution in [0.15, 0.2) is 22.7 Å². The normalized spacial score (nSPS) is 28.9. The van der Waals surface area contributed by atoms with Crippen molar-refractivity contribution >= 4 is 27.5 Å². The molecule has 4 atom stereocenters. The number of carbonyl (C=O) groups is 1. The van der Waals surface area contributed by atoms with E-state index in [2.05, 4.69) is 27.3 Å². The summed E-state index contributed by atoms with van der Waals surface area (Å²) in [6.45, 7) is 5.91. The third kappa shape index (κ3) is 2.87. The Morgan fingerprint density at radius 2 is 2.05 bits per heavy atom. The number of rotatable bonds is 2. The smallest absolute Gasteiger partial charge is 0.230 e. The van der Waals surface area contributed by atoms with Gasteiger partial charge in [0.15, 0.2) is 0 Å². The number of halogens is 1. The molecule has 2 rings (SSSR count). The van der Waals surface area contributed by atoms with Crippen LogP contribution < -0.4 is 5.32 Å². The molecular weight excluding hydrogens is 320 g/mol. The number of nitrogens with one attached hydrogen (secondary N) is 1. The molecule has 0 aliphatic carbocycles. The molecule has 20 heavy (non-hydrogen) atoms. The molecule has 0 aromatic heterocycles. The van der Waals surface area contributed by atoms with Crippen molar-refractivity contribution in [3.63, 3.8) is 0 Å². The second kappa shape index (κ2) is 5.94. The lowest BCUT2D eigenvalue weighted by Crippen LogP contribution is -2.32. The van der Waals surface area contributed by atoms with Gasteiger partial charge in [-0.15, -0.1) is 0 Å². The van der Waals surface area contributed by atoms with Crippen molar-refractivity contribution in [3.8, 4) is 6.07 Å². The number of benzene rings is 1. The van der Waals surface area contributed by atoms with Gasteiger partial charge in [-0.25, -0.2) is 0 Å². The number of nitriles is 1. The number of anilines is 1.